The van der Waals surface area contributed by atoms with Crippen LogP contribution in [0.4, 0.5) is 0 Å². The summed E-state index contributed by atoms with van der Waals surface area (Å²) < 4.78 is 2.55. The Morgan fingerprint density at radius 3 is 2.41 bits per heavy atom. The third kappa shape index (κ3) is 4.88. The second-order valence-electron chi connectivity index (χ2n) is 14.1. The average molecular weight is 499 g/mol. The van der Waals surface area contributed by atoms with Gasteiger partial charge in [0.25, 0.3) is 0 Å². The molecule has 0 saturated heterocycles. The van der Waals surface area contributed by atoms with Gasteiger partial charge in [0.1, 0.15) is 0 Å². The average Bonchev–Trinajstić information content (AvgIpc) is 3.08. The number of hydrogen-bond donors (Lipinski definition) is 1. The largest absolute Gasteiger partial charge is 0.344 e. The molecule has 4 aliphatic carbocycles. The van der Waals surface area contributed by atoms with Crippen LogP contribution in [0.1, 0.15) is 80.5 Å². The van der Waals surface area contributed by atoms with Crippen molar-refractivity contribution in [2.45, 2.75) is 97.7 Å². The van der Waals surface area contributed by atoms with E-state index in [-0.39, 0.29) is 5.54 Å². The molecule has 4 heteroatoms. The molecule has 3 heterocycles. The standard InChI is InChI=1S/C21H25N3.C12H21N/c1-15-4-7-20-18(12-15)19-14-23(3)10-9-21(19)24(20)11-8-17-6-5-16(2)22-13-17;1-10-3-9-4-11(2,6-10)8-12(13,5-9)7-10/h4-7,12-13H,8-11,14H2,1-3H3;9H,3-8,13H2,1-2H3. The Morgan fingerprint density at radius 2 is 1.76 bits per heavy atom. The summed E-state index contributed by atoms with van der Waals surface area (Å²) in [7, 11) is 2.22. The molecule has 5 aliphatic rings. The van der Waals surface area contributed by atoms with Crippen LogP contribution in [0, 0.1) is 30.6 Å². The number of fused-ring (bicyclic) bond motifs is 3. The molecule has 198 valence electrons. The van der Waals surface area contributed by atoms with Gasteiger partial charge in [-0.15, -0.1) is 0 Å². The highest BCUT2D eigenvalue weighted by molar-refractivity contribution is 5.86. The topological polar surface area (TPSA) is 47.1 Å². The molecule has 37 heavy (non-hydrogen) atoms. The predicted octanol–water partition coefficient (Wildman–Crippen LogP) is 6.58. The zero-order chi connectivity index (χ0) is 26.0. The van der Waals surface area contributed by atoms with Crippen molar-refractivity contribution in [3.05, 3.63) is 64.6 Å². The highest BCUT2D eigenvalue weighted by Gasteiger charge is 2.58. The van der Waals surface area contributed by atoms with E-state index >= 15 is 0 Å². The minimum atomic E-state index is 0.225. The van der Waals surface area contributed by atoms with Gasteiger partial charge in [0.05, 0.1) is 0 Å². The Bertz CT molecular complexity index is 1250. The molecule has 2 atom stereocenters. The van der Waals surface area contributed by atoms with Crippen LogP contribution in [0.2, 0.25) is 0 Å². The number of aryl methyl sites for hydroxylation is 4. The van der Waals surface area contributed by atoms with Gasteiger partial charge >= 0.3 is 0 Å². The van der Waals surface area contributed by atoms with Crippen LogP contribution in [0.3, 0.4) is 0 Å². The van der Waals surface area contributed by atoms with Crippen molar-refractivity contribution in [1.82, 2.24) is 14.5 Å². The molecule has 8 rings (SSSR count). The smallest absolute Gasteiger partial charge is 0.0486 e. The van der Waals surface area contributed by atoms with Gasteiger partial charge < -0.3 is 15.2 Å². The zero-order valence-corrected chi connectivity index (χ0v) is 23.7. The van der Waals surface area contributed by atoms with Crippen LogP contribution >= 0.6 is 0 Å². The molecule has 1 aliphatic heterocycles. The minimum absolute atomic E-state index is 0.225. The van der Waals surface area contributed by atoms with E-state index in [2.05, 4.69) is 72.6 Å². The fourth-order valence-corrected chi connectivity index (χ4v) is 9.38. The summed E-state index contributed by atoms with van der Waals surface area (Å²) in [5.74, 6) is 0.955. The van der Waals surface area contributed by atoms with Crippen molar-refractivity contribution in [2.75, 3.05) is 13.6 Å². The molecule has 4 nitrogen and oxygen atoms in total. The van der Waals surface area contributed by atoms with Crippen LogP contribution in [0.5, 0.6) is 0 Å². The highest BCUT2D eigenvalue weighted by Crippen LogP contribution is 2.65. The Hall–Kier alpha value is -2.17. The highest BCUT2D eigenvalue weighted by atomic mass is 15.1. The Labute approximate surface area is 223 Å². The van der Waals surface area contributed by atoms with Gasteiger partial charge in [0, 0.05) is 60.1 Å². The summed E-state index contributed by atoms with van der Waals surface area (Å²) >= 11 is 0. The fourth-order valence-electron chi connectivity index (χ4n) is 9.38. The van der Waals surface area contributed by atoms with Crippen LogP contribution in [-0.4, -0.2) is 33.6 Å². The lowest BCUT2D eigenvalue weighted by Crippen LogP contribution is -2.62. The van der Waals surface area contributed by atoms with E-state index in [0.717, 1.165) is 44.1 Å². The molecule has 4 bridgehead atoms. The van der Waals surface area contributed by atoms with Crippen molar-refractivity contribution in [1.29, 1.82) is 0 Å². The number of rotatable bonds is 3. The number of pyridine rings is 1. The Kier molecular flexibility index (Phi) is 6.08. The number of nitrogens with zero attached hydrogens (tertiary/aromatic N) is 3. The van der Waals surface area contributed by atoms with Crippen molar-refractivity contribution in [3.8, 4) is 0 Å². The van der Waals surface area contributed by atoms with Gasteiger partial charge in [-0.05, 0) is 112 Å². The second-order valence-corrected chi connectivity index (χ2v) is 14.1. The molecule has 2 aromatic heterocycles. The van der Waals surface area contributed by atoms with Crippen LogP contribution < -0.4 is 5.73 Å². The van der Waals surface area contributed by atoms with E-state index in [1.54, 1.807) is 0 Å². The van der Waals surface area contributed by atoms with E-state index in [4.69, 9.17) is 5.73 Å². The number of aromatic nitrogens is 2. The fraction of sp³-hybridized carbons (Fsp3) is 0.606. The number of likely N-dealkylation sites (N-methyl/N-ethyl adjacent to an activating group) is 1. The molecular formula is C33H46N4. The first kappa shape index (κ1) is 25.1. The summed E-state index contributed by atoms with van der Waals surface area (Å²) in [5.41, 5.74) is 16.1. The normalized spacial score (nSPS) is 32.3. The first-order chi connectivity index (χ1) is 17.5. The van der Waals surface area contributed by atoms with E-state index in [1.807, 2.05) is 13.1 Å². The third-order valence-corrected chi connectivity index (χ3v) is 9.87. The van der Waals surface area contributed by atoms with Gasteiger partial charge in [0.15, 0.2) is 0 Å². The summed E-state index contributed by atoms with van der Waals surface area (Å²) in [6.07, 6.45) is 12.5. The quantitative estimate of drug-likeness (QED) is 0.444. The third-order valence-electron chi connectivity index (χ3n) is 9.87. The van der Waals surface area contributed by atoms with Gasteiger partial charge in [0.2, 0.25) is 0 Å². The molecule has 4 fully saturated rings. The number of nitrogens with two attached hydrogens (primary N) is 1. The van der Waals surface area contributed by atoms with Crippen LogP contribution in [0.15, 0.2) is 36.5 Å². The molecule has 4 saturated carbocycles. The summed E-state index contributed by atoms with van der Waals surface area (Å²) in [4.78, 5) is 6.86. The molecule has 0 radical (unpaired) electrons. The number of benzene rings is 1. The Balaban J connectivity index is 0.000000162. The van der Waals surface area contributed by atoms with Gasteiger partial charge in [-0.25, -0.2) is 0 Å². The lowest BCUT2D eigenvalue weighted by Gasteiger charge is -2.64. The molecule has 2 N–H and O–H groups in total. The first-order valence-corrected chi connectivity index (χ1v) is 14.5. The van der Waals surface area contributed by atoms with Gasteiger partial charge in [-0.3, -0.25) is 4.98 Å². The molecule has 2 unspecified atom stereocenters. The van der Waals surface area contributed by atoms with E-state index in [0.29, 0.717) is 10.8 Å². The zero-order valence-electron chi connectivity index (χ0n) is 23.7. The minimum Gasteiger partial charge on any atom is -0.344 e. The molecule has 3 aromatic rings. The van der Waals surface area contributed by atoms with Gasteiger partial charge in [-0.2, -0.15) is 0 Å². The van der Waals surface area contributed by atoms with Crippen LogP contribution in [0.25, 0.3) is 10.9 Å². The molecule has 0 spiro atoms. The molecule has 1 aromatic carbocycles. The maximum absolute atomic E-state index is 6.49. The van der Waals surface area contributed by atoms with E-state index in [9.17, 15) is 0 Å². The first-order valence-electron chi connectivity index (χ1n) is 14.5. The van der Waals surface area contributed by atoms with Crippen molar-refractivity contribution >= 4 is 10.9 Å². The SMILES string of the molecule is CC12CC3CC(C)(C1)CC(N)(C3)C2.Cc1ccc2c(c1)c1c(n2CCc2ccc(C)nc2)CCN(C)C1. The molecule has 0 amide bonds. The lowest BCUT2D eigenvalue weighted by atomic mass is 9.43. The monoisotopic (exact) mass is 498 g/mol. The maximum atomic E-state index is 6.49. The van der Waals surface area contributed by atoms with Gasteiger partial charge in [-0.1, -0.05) is 31.5 Å². The van der Waals surface area contributed by atoms with Crippen molar-refractivity contribution in [3.63, 3.8) is 0 Å². The van der Waals surface area contributed by atoms with E-state index in [1.165, 1.54) is 71.8 Å². The van der Waals surface area contributed by atoms with Crippen molar-refractivity contribution in [2.24, 2.45) is 22.5 Å². The summed E-state index contributed by atoms with van der Waals surface area (Å²) in [6, 6.07) is 11.2. The summed E-state index contributed by atoms with van der Waals surface area (Å²) in [5, 5.41) is 1.44. The Morgan fingerprint density at radius 1 is 1.00 bits per heavy atom. The number of hydrogen-bond acceptors (Lipinski definition) is 3. The summed E-state index contributed by atoms with van der Waals surface area (Å²) in [6.45, 7) is 12.4. The maximum Gasteiger partial charge on any atom is 0.0486 e. The molecular weight excluding hydrogens is 452 g/mol. The van der Waals surface area contributed by atoms with Crippen molar-refractivity contribution < 1.29 is 0 Å². The predicted molar refractivity (Wildman–Crippen MR) is 154 cm³/mol. The lowest BCUT2D eigenvalue weighted by molar-refractivity contribution is -0.104. The van der Waals surface area contributed by atoms with E-state index < -0.39 is 0 Å². The second kappa shape index (κ2) is 8.95. The van der Waals surface area contributed by atoms with Crippen LogP contribution in [-0.2, 0) is 25.9 Å².